The second-order valence-electron chi connectivity index (χ2n) is 10.9. The van der Waals surface area contributed by atoms with Gasteiger partial charge < -0.3 is 5.11 Å². The lowest BCUT2D eigenvalue weighted by Gasteiger charge is -2.59. The Labute approximate surface area is 190 Å². The van der Waals surface area contributed by atoms with Crippen LogP contribution in [-0.4, -0.2) is 17.0 Å². The molecule has 1 aromatic rings. The highest BCUT2D eigenvalue weighted by molar-refractivity contribution is 6.43. The van der Waals surface area contributed by atoms with E-state index < -0.39 is 0 Å². The second-order valence-corrected chi connectivity index (χ2v) is 11.7. The first kappa shape index (κ1) is 21.0. The molecule has 0 spiro atoms. The van der Waals surface area contributed by atoms with Crippen molar-refractivity contribution in [1.82, 2.24) is 0 Å². The summed E-state index contributed by atoms with van der Waals surface area (Å²) < 4.78 is 0. The topological polar surface area (TPSA) is 37.3 Å². The van der Waals surface area contributed by atoms with Gasteiger partial charge in [-0.15, -0.1) is 0 Å². The number of rotatable bonds is 1. The number of aliphatic hydroxyl groups excluding tert-OH is 1. The third-order valence-electron chi connectivity index (χ3n) is 9.59. The van der Waals surface area contributed by atoms with Crippen molar-refractivity contribution in [2.75, 3.05) is 0 Å². The van der Waals surface area contributed by atoms with Gasteiger partial charge in [-0.1, -0.05) is 49.2 Å². The third-order valence-corrected chi connectivity index (χ3v) is 10.4. The molecule has 4 aliphatic rings. The molecule has 7 atom stereocenters. The molecule has 0 aromatic heterocycles. The van der Waals surface area contributed by atoms with Crippen LogP contribution in [0.25, 0.3) is 6.08 Å². The largest absolute Gasteiger partial charge is 0.393 e. The molecule has 2 nitrogen and oxygen atoms in total. The van der Waals surface area contributed by atoms with Gasteiger partial charge in [0.15, 0.2) is 5.78 Å². The van der Waals surface area contributed by atoms with E-state index in [2.05, 4.69) is 13.8 Å². The maximum absolute atomic E-state index is 13.6. The second kappa shape index (κ2) is 7.36. The van der Waals surface area contributed by atoms with Crippen molar-refractivity contribution in [1.29, 1.82) is 0 Å². The van der Waals surface area contributed by atoms with E-state index in [1.165, 1.54) is 12.8 Å². The number of allylic oxidation sites excluding steroid dienone is 1. The van der Waals surface area contributed by atoms with Crippen LogP contribution in [0.3, 0.4) is 0 Å². The average molecular weight is 447 g/mol. The molecule has 4 heteroatoms. The minimum atomic E-state index is -0.241. The number of halogens is 2. The first-order valence-electron chi connectivity index (χ1n) is 11.6. The van der Waals surface area contributed by atoms with Crippen molar-refractivity contribution in [3.63, 3.8) is 0 Å². The summed E-state index contributed by atoms with van der Waals surface area (Å²) in [5.74, 6) is 2.70. The first-order valence-corrected chi connectivity index (χ1v) is 12.4. The summed E-state index contributed by atoms with van der Waals surface area (Å²) in [6.07, 6.45) is 10.3. The molecule has 1 aromatic carbocycles. The molecule has 1 N–H and O–H groups in total. The van der Waals surface area contributed by atoms with E-state index in [0.29, 0.717) is 44.9 Å². The third kappa shape index (κ3) is 3.05. The Bertz CT molecular complexity index is 908. The van der Waals surface area contributed by atoms with E-state index in [9.17, 15) is 9.90 Å². The van der Waals surface area contributed by atoms with E-state index in [1.807, 2.05) is 18.2 Å². The number of hydrogen-bond acceptors (Lipinski definition) is 2. The van der Waals surface area contributed by atoms with E-state index in [4.69, 9.17) is 23.2 Å². The molecule has 5 rings (SSSR count). The molecule has 0 radical (unpaired) electrons. The fraction of sp³-hybridized carbons (Fsp3) is 0.654. The predicted molar refractivity (Wildman–Crippen MR) is 123 cm³/mol. The van der Waals surface area contributed by atoms with Crippen LogP contribution in [0.2, 0.25) is 10.0 Å². The zero-order valence-corrected chi connectivity index (χ0v) is 19.5. The van der Waals surface area contributed by atoms with Crippen LogP contribution >= 0.6 is 23.2 Å². The van der Waals surface area contributed by atoms with E-state index in [0.717, 1.165) is 49.7 Å². The predicted octanol–water partition coefficient (Wildman–Crippen LogP) is 6.96. The summed E-state index contributed by atoms with van der Waals surface area (Å²) in [7, 11) is 0. The molecule has 4 saturated carbocycles. The smallest absolute Gasteiger partial charge is 0.165 e. The molecule has 4 fully saturated rings. The number of carbonyl (C=O) groups is 1. The average Bonchev–Trinajstić information content (AvgIpc) is 2.97. The molecule has 30 heavy (non-hydrogen) atoms. The van der Waals surface area contributed by atoms with Crippen LogP contribution in [0, 0.1) is 34.5 Å². The Morgan fingerprint density at radius 3 is 2.67 bits per heavy atom. The molecule has 0 aliphatic heterocycles. The standard InChI is InChI=1S/C26H32Cl2O2/c1-25-10-8-18(29)14-17(25)6-7-19-20(25)9-11-26(2)21(19)13-16(24(26)30)12-15-4-3-5-22(27)23(15)28/h3-5,12,17-21,29H,6-11,13-14H2,1-2H3/b16-12+/t17-,18+,19-,20+,21+,25-,26+/m0/s1. The van der Waals surface area contributed by atoms with Crippen molar-refractivity contribution in [3.05, 3.63) is 39.4 Å². The van der Waals surface area contributed by atoms with Crippen LogP contribution in [0.1, 0.15) is 70.8 Å². The highest BCUT2D eigenvalue weighted by atomic mass is 35.5. The Hall–Kier alpha value is -0.830. The monoisotopic (exact) mass is 446 g/mol. The number of carbonyl (C=O) groups excluding carboxylic acids is 1. The summed E-state index contributed by atoms with van der Waals surface area (Å²) in [5.41, 5.74) is 1.87. The van der Waals surface area contributed by atoms with Gasteiger partial charge >= 0.3 is 0 Å². The lowest BCUT2D eigenvalue weighted by Crippen LogP contribution is -2.54. The lowest BCUT2D eigenvalue weighted by molar-refractivity contribution is -0.141. The van der Waals surface area contributed by atoms with Crippen LogP contribution in [0.4, 0.5) is 0 Å². The lowest BCUT2D eigenvalue weighted by atomic mass is 9.45. The molecular formula is C26H32Cl2O2. The summed E-state index contributed by atoms with van der Waals surface area (Å²) >= 11 is 12.6. The van der Waals surface area contributed by atoms with Crippen LogP contribution in [0.15, 0.2) is 23.8 Å². The van der Waals surface area contributed by atoms with Gasteiger partial charge in [-0.05, 0) is 104 Å². The first-order chi connectivity index (χ1) is 14.2. The van der Waals surface area contributed by atoms with E-state index in [1.54, 1.807) is 6.07 Å². The molecular weight excluding hydrogens is 415 g/mol. The Balaban J connectivity index is 1.46. The summed E-state index contributed by atoms with van der Waals surface area (Å²) in [4.78, 5) is 13.6. The highest BCUT2D eigenvalue weighted by Gasteiger charge is 2.61. The van der Waals surface area contributed by atoms with Gasteiger partial charge in [0.25, 0.3) is 0 Å². The van der Waals surface area contributed by atoms with Gasteiger partial charge in [-0.25, -0.2) is 0 Å². The maximum Gasteiger partial charge on any atom is 0.165 e. The summed E-state index contributed by atoms with van der Waals surface area (Å²) in [6, 6.07) is 5.62. The normalized spacial score (nSPS) is 44.5. The number of fused-ring (bicyclic) bond motifs is 5. The minimum absolute atomic E-state index is 0.112. The molecule has 4 aliphatic carbocycles. The van der Waals surface area contributed by atoms with E-state index >= 15 is 0 Å². The van der Waals surface area contributed by atoms with Crippen molar-refractivity contribution in [2.45, 2.75) is 71.3 Å². The molecule has 0 amide bonds. The quantitative estimate of drug-likeness (QED) is 0.473. The van der Waals surface area contributed by atoms with Gasteiger partial charge in [-0.3, -0.25) is 4.79 Å². The fourth-order valence-electron chi connectivity index (χ4n) is 7.85. The van der Waals surface area contributed by atoms with Crippen molar-refractivity contribution >= 4 is 35.1 Å². The van der Waals surface area contributed by atoms with Gasteiger partial charge in [0, 0.05) is 5.41 Å². The number of hydrogen-bond donors (Lipinski definition) is 1. The molecule has 0 heterocycles. The maximum atomic E-state index is 13.6. The molecule has 0 saturated heterocycles. The highest BCUT2D eigenvalue weighted by Crippen LogP contribution is 2.66. The van der Waals surface area contributed by atoms with Crippen LogP contribution in [-0.2, 0) is 4.79 Å². The van der Waals surface area contributed by atoms with Gasteiger partial charge in [0.1, 0.15) is 0 Å². The number of benzene rings is 1. The molecule has 0 bridgehead atoms. The minimum Gasteiger partial charge on any atom is -0.393 e. The van der Waals surface area contributed by atoms with E-state index in [-0.39, 0.29) is 11.5 Å². The van der Waals surface area contributed by atoms with Crippen LogP contribution < -0.4 is 0 Å². The summed E-state index contributed by atoms with van der Waals surface area (Å²) in [6.45, 7) is 4.71. The van der Waals surface area contributed by atoms with Crippen molar-refractivity contribution in [2.24, 2.45) is 34.5 Å². The molecule has 0 unspecified atom stereocenters. The van der Waals surface area contributed by atoms with Crippen molar-refractivity contribution in [3.8, 4) is 0 Å². The number of Topliss-reactive ketones (excluding diaryl/α,β-unsaturated/α-hetero) is 1. The Morgan fingerprint density at radius 1 is 1.07 bits per heavy atom. The number of ketones is 1. The SMILES string of the molecule is C[C@]12CC[C@@H](O)C[C@@H]1CC[C@H]1[C@H]2CC[C@@]2(C)C(=O)/C(=C/c3cccc(Cl)c3Cl)C[C@H]12. The number of aliphatic hydroxyl groups is 1. The summed E-state index contributed by atoms with van der Waals surface area (Å²) in [5, 5.41) is 11.3. The van der Waals surface area contributed by atoms with Crippen LogP contribution in [0.5, 0.6) is 0 Å². The van der Waals surface area contributed by atoms with Gasteiger partial charge in [-0.2, -0.15) is 0 Å². The fourth-order valence-corrected chi connectivity index (χ4v) is 8.22. The zero-order valence-electron chi connectivity index (χ0n) is 18.0. The van der Waals surface area contributed by atoms with Gasteiger partial charge in [0.2, 0.25) is 0 Å². The Morgan fingerprint density at radius 2 is 1.87 bits per heavy atom. The van der Waals surface area contributed by atoms with Crippen molar-refractivity contribution < 1.29 is 9.90 Å². The zero-order chi connectivity index (χ0) is 21.3. The van der Waals surface area contributed by atoms with Gasteiger partial charge in [0.05, 0.1) is 16.1 Å². The molecule has 162 valence electrons. The Kier molecular flexibility index (Phi) is 5.16.